The second kappa shape index (κ2) is 8.80. The predicted molar refractivity (Wildman–Crippen MR) is 112 cm³/mol. The summed E-state index contributed by atoms with van der Waals surface area (Å²) in [4.78, 5) is 16.5. The van der Waals surface area contributed by atoms with Crippen molar-refractivity contribution in [2.75, 3.05) is 5.75 Å². The molecular weight excluding hydrogens is 384 g/mol. The lowest BCUT2D eigenvalue weighted by Gasteiger charge is -2.13. The quantitative estimate of drug-likeness (QED) is 0.474. The molecule has 0 unspecified atom stereocenters. The zero-order chi connectivity index (χ0) is 21.0. The number of carbonyl (C=O) groups is 1. The molecule has 1 atom stereocenters. The van der Waals surface area contributed by atoms with Crippen LogP contribution < -0.4 is 0 Å². The summed E-state index contributed by atoms with van der Waals surface area (Å²) in [7, 11) is 0. The van der Waals surface area contributed by atoms with Crippen molar-refractivity contribution in [2.45, 2.75) is 25.9 Å². The first-order valence-corrected chi connectivity index (χ1v) is 9.94. The summed E-state index contributed by atoms with van der Waals surface area (Å²) < 4.78 is 1.91. The Morgan fingerprint density at radius 3 is 2.72 bits per heavy atom. The Labute approximate surface area is 173 Å². The van der Waals surface area contributed by atoms with E-state index in [1.807, 2.05) is 48.7 Å². The van der Waals surface area contributed by atoms with Crippen LogP contribution in [0.3, 0.4) is 0 Å². The minimum atomic E-state index is -1.03. The number of ketones is 1. The lowest BCUT2D eigenvalue weighted by Crippen LogP contribution is -2.21. The molecule has 0 aliphatic rings. The summed E-state index contributed by atoms with van der Waals surface area (Å²) in [5.41, 5.74) is 3.96. The van der Waals surface area contributed by atoms with E-state index in [1.54, 1.807) is 12.4 Å². The van der Waals surface area contributed by atoms with Crippen molar-refractivity contribution >= 4 is 23.3 Å². The Bertz CT molecular complexity index is 1100. The number of nitriles is 1. The van der Waals surface area contributed by atoms with E-state index in [0.717, 1.165) is 22.4 Å². The first-order chi connectivity index (χ1) is 13.9. The summed E-state index contributed by atoms with van der Waals surface area (Å²) in [6.07, 6.45) is 3.41. The van der Waals surface area contributed by atoms with Gasteiger partial charge in [-0.25, -0.2) is 0 Å². The minimum absolute atomic E-state index is 0.0323. The maximum atomic E-state index is 12.4. The van der Waals surface area contributed by atoms with Gasteiger partial charge in [0.15, 0.2) is 16.8 Å². The Kier molecular flexibility index (Phi) is 6.20. The number of rotatable bonds is 7. The number of benzene rings is 1. The molecule has 2 aromatic heterocycles. The van der Waals surface area contributed by atoms with Crippen molar-refractivity contribution in [1.29, 1.82) is 10.7 Å². The molecule has 0 aliphatic carbocycles. The smallest absolute Gasteiger partial charge is 0.196 e. The van der Waals surface area contributed by atoms with Gasteiger partial charge in [0.1, 0.15) is 5.92 Å². The lowest BCUT2D eigenvalue weighted by atomic mass is 10.0. The normalized spacial score (nSPS) is 11.7. The number of hydrogen-bond donors (Lipinski definition) is 1. The molecule has 0 saturated carbocycles. The fourth-order valence-electron chi connectivity index (χ4n) is 2.95. The molecule has 3 rings (SSSR count). The molecule has 29 heavy (non-hydrogen) atoms. The number of pyridine rings is 1. The Hall–Kier alpha value is -3.31. The van der Waals surface area contributed by atoms with E-state index >= 15 is 0 Å². The Morgan fingerprint density at radius 2 is 2.10 bits per heavy atom. The summed E-state index contributed by atoms with van der Waals surface area (Å²) in [5, 5.41) is 25.9. The fourth-order valence-corrected chi connectivity index (χ4v) is 3.80. The van der Waals surface area contributed by atoms with Gasteiger partial charge in [-0.2, -0.15) is 5.26 Å². The molecule has 0 amide bonds. The molecule has 146 valence electrons. The first kappa shape index (κ1) is 20.4. The third kappa shape index (κ3) is 4.41. The highest BCUT2D eigenvalue weighted by Crippen LogP contribution is 2.29. The number of Topliss-reactive ketones (excluding diaryl/α,β-unsaturated/α-hetero) is 1. The van der Waals surface area contributed by atoms with Gasteiger partial charge in [-0.15, -0.1) is 10.2 Å². The largest absolute Gasteiger partial charge is 0.308 e. The highest BCUT2D eigenvalue weighted by molar-refractivity contribution is 7.99. The van der Waals surface area contributed by atoms with Crippen molar-refractivity contribution < 1.29 is 4.79 Å². The van der Waals surface area contributed by atoms with E-state index in [2.05, 4.69) is 21.2 Å². The van der Waals surface area contributed by atoms with Crippen LogP contribution in [-0.2, 0) is 4.79 Å². The number of aromatic nitrogens is 4. The van der Waals surface area contributed by atoms with Gasteiger partial charge in [-0.05, 0) is 44.5 Å². The van der Waals surface area contributed by atoms with Crippen molar-refractivity contribution in [3.63, 3.8) is 0 Å². The van der Waals surface area contributed by atoms with Gasteiger partial charge in [0.25, 0.3) is 0 Å². The highest BCUT2D eigenvalue weighted by Gasteiger charge is 2.23. The zero-order valence-corrected chi connectivity index (χ0v) is 17.2. The molecule has 3 aromatic rings. The number of thioether (sulfide) groups is 1. The van der Waals surface area contributed by atoms with E-state index in [0.29, 0.717) is 11.0 Å². The highest BCUT2D eigenvalue weighted by atomic mass is 32.2. The maximum Gasteiger partial charge on any atom is 0.196 e. The van der Waals surface area contributed by atoms with E-state index in [9.17, 15) is 4.79 Å². The van der Waals surface area contributed by atoms with Gasteiger partial charge in [0.05, 0.1) is 17.5 Å². The van der Waals surface area contributed by atoms with Crippen molar-refractivity contribution in [2.24, 2.45) is 5.92 Å². The Morgan fingerprint density at radius 1 is 1.31 bits per heavy atom. The molecule has 0 bridgehead atoms. The Balaban J connectivity index is 2.02. The van der Waals surface area contributed by atoms with E-state index in [1.165, 1.54) is 18.7 Å². The van der Waals surface area contributed by atoms with Crippen molar-refractivity contribution in [3.05, 3.63) is 53.9 Å². The van der Waals surface area contributed by atoms with E-state index in [4.69, 9.17) is 10.7 Å². The standard InChI is InChI=1S/C21H20N6OS/c1-13-6-7-18(14(2)9-13)27-20(16-5-4-8-24-11-16)25-26-21(27)29-12-19(28)17(10-22)15(3)23/h4-9,11,17,23H,12H2,1-3H3/t17-/m0/s1. The lowest BCUT2D eigenvalue weighted by molar-refractivity contribution is -0.117. The predicted octanol–water partition coefficient (Wildman–Crippen LogP) is 3.79. The van der Waals surface area contributed by atoms with E-state index < -0.39 is 5.92 Å². The average molecular weight is 404 g/mol. The second-order valence-electron chi connectivity index (χ2n) is 6.67. The summed E-state index contributed by atoms with van der Waals surface area (Å²) >= 11 is 1.21. The molecule has 0 saturated heterocycles. The van der Waals surface area contributed by atoms with Crippen LogP contribution in [-0.4, -0.2) is 37.0 Å². The molecule has 0 aliphatic heterocycles. The second-order valence-corrected chi connectivity index (χ2v) is 7.62. The van der Waals surface area contributed by atoms with Crippen LogP contribution in [0.1, 0.15) is 18.1 Å². The minimum Gasteiger partial charge on any atom is -0.308 e. The molecule has 0 spiro atoms. The summed E-state index contributed by atoms with van der Waals surface area (Å²) in [6.45, 7) is 5.51. The van der Waals surface area contributed by atoms with Gasteiger partial charge in [-0.3, -0.25) is 14.3 Å². The van der Waals surface area contributed by atoms with Gasteiger partial charge in [-0.1, -0.05) is 29.5 Å². The van der Waals surface area contributed by atoms with Crippen LogP contribution in [0.5, 0.6) is 0 Å². The van der Waals surface area contributed by atoms with Crippen LogP contribution in [0.2, 0.25) is 0 Å². The van der Waals surface area contributed by atoms with Crippen LogP contribution in [0, 0.1) is 36.5 Å². The van der Waals surface area contributed by atoms with Crippen LogP contribution >= 0.6 is 11.8 Å². The van der Waals surface area contributed by atoms with Crippen molar-refractivity contribution in [1.82, 2.24) is 19.7 Å². The number of aryl methyl sites for hydroxylation is 2. The van der Waals surface area contributed by atoms with Crippen LogP contribution in [0.15, 0.2) is 47.9 Å². The third-order valence-electron chi connectivity index (χ3n) is 4.37. The molecule has 8 heteroatoms. The molecule has 1 aromatic carbocycles. The summed E-state index contributed by atoms with van der Waals surface area (Å²) in [5.74, 6) is -0.689. The van der Waals surface area contributed by atoms with Gasteiger partial charge < -0.3 is 5.41 Å². The van der Waals surface area contributed by atoms with Gasteiger partial charge in [0.2, 0.25) is 0 Å². The summed E-state index contributed by atoms with van der Waals surface area (Å²) in [6, 6.07) is 11.7. The SMILES string of the molecule is CC(=N)[C@H](C#N)C(=O)CSc1nnc(-c2cccnc2)n1-c1ccc(C)cc1C. The third-order valence-corrected chi connectivity index (χ3v) is 5.33. The molecular formula is C21H20N6OS. The molecule has 0 fully saturated rings. The number of hydrogen-bond acceptors (Lipinski definition) is 7. The fraction of sp³-hybridized carbons (Fsp3) is 0.238. The number of nitrogens with one attached hydrogen (secondary N) is 1. The number of carbonyl (C=O) groups excluding carboxylic acids is 1. The van der Waals surface area contributed by atoms with E-state index in [-0.39, 0.29) is 17.2 Å². The van der Waals surface area contributed by atoms with Crippen LogP contribution in [0.4, 0.5) is 0 Å². The average Bonchev–Trinajstić information content (AvgIpc) is 3.11. The topological polar surface area (TPSA) is 108 Å². The molecule has 2 heterocycles. The molecule has 1 N–H and O–H groups in total. The van der Waals surface area contributed by atoms with Crippen molar-refractivity contribution in [3.8, 4) is 23.1 Å². The molecule has 0 radical (unpaired) electrons. The monoisotopic (exact) mass is 404 g/mol. The zero-order valence-electron chi connectivity index (χ0n) is 16.4. The first-order valence-electron chi connectivity index (χ1n) is 8.96. The van der Waals surface area contributed by atoms with Gasteiger partial charge in [0, 0.05) is 23.7 Å². The maximum absolute atomic E-state index is 12.4. The molecule has 7 nitrogen and oxygen atoms in total. The van der Waals surface area contributed by atoms with Gasteiger partial charge >= 0.3 is 0 Å². The number of nitrogens with zero attached hydrogens (tertiary/aromatic N) is 5. The van der Waals surface area contributed by atoms with Crippen LogP contribution in [0.25, 0.3) is 17.1 Å².